The summed E-state index contributed by atoms with van der Waals surface area (Å²) in [6, 6.07) is 14.8. The predicted octanol–water partition coefficient (Wildman–Crippen LogP) is 4.55. The van der Waals surface area contributed by atoms with Crippen molar-refractivity contribution >= 4 is 34.9 Å². The summed E-state index contributed by atoms with van der Waals surface area (Å²) in [5.41, 5.74) is 6.63. The molecule has 29 heavy (non-hydrogen) atoms. The topological polar surface area (TPSA) is 84.2 Å². The lowest BCUT2D eigenvalue weighted by atomic mass is 10.0. The molecule has 0 saturated heterocycles. The average Bonchev–Trinajstić information content (AvgIpc) is 3.21. The molecule has 3 amide bonds. The summed E-state index contributed by atoms with van der Waals surface area (Å²) in [7, 11) is 0. The van der Waals surface area contributed by atoms with Gasteiger partial charge in [-0.1, -0.05) is 48.0 Å². The molecule has 0 aliphatic heterocycles. The van der Waals surface area contributed by atoms with Crippen LogP contribution in [-0.4, -0.2) is 11.9 Å². The van der Waals surface area contributed by atoms with E-state index < -0.39 is 18.1 Å². The Morgan fingerprint density at radius 2 is 1.76 bits per heavy atom. The van der Waals surface area contributed by atoms with Crippen molar-refractivity contribution in [3.8, 4) is 0 Å². The molecule has 0 bridgehead atoms. The highest BCUT2D eigenvalue weighted by molar-refractivity contribution is 7.10. The Morgan fingerprint density at radius 3 is 2.38 bits per heavy atom. The average molecular weight is 432 g/mol. The second kappa shape index (κ2) is 9.54. The van der Waals surface area contributed by atoms with Gasteiger partial charge >= 0.3 is 6.03 Å². The zero-order valence-corrected chi connectivity index (χ0v) is 16.8. The van der Waals surface area contributed by atoms with Gasteiger partial charge in [0.05, 0.1) is 18.5 Å². The Balaban J connectivity index is 1.82. The van der Waals surface area contributed by atoms with E-state index in [2.05, 4.69) is 10.6 Å². The Kier molecular flexibility index (Phi) is 6.85. The van der Waals surface area contributed by atoms with E-state index in [1.165, 1.54) is 23.5 Å². The maximum atomic E-state index is 13.3. The lowest BCUT2D eigenvalue weighted by Gasteiger charge is -2.22. The van der Waals surface area contributed by atoms with Crippen molar-refractivity contribution < 1.29 is 14.0 Å². The maximum absolute atomic E-state index is 13.3. The summed E-state index contributed by atoms with van der Waals surface area (Å²) in [6.45, 7) is 0. The summed E-state index contributed by atoms with van der Waals surface area (Å²) in [5, 5.41) is 7.86. The zero-order valence-electron chi connectivity index (χ0n) is 15.3. The molecule has 0 radical (unpaired) electrons. The monoisotopic (exact) mass is 431 g/mol. The molecule has 0 saturated carbocycles. The van der Waals surface area contributed by atoms with Crippen LogP contribution in [0.4, 0.5) is 9.18 Å². The smallest absolute Gasteiger partial charge is 0.312 e. The van der Waals surface area contributed by atoms with E-state index in [1.807, 2.05) is 17.5 Å². The number of hydrogen-bond donors (Lipinski definition) is 3. The van der Waals surface area contributed by atoms with Crippen molar-refractivity contribution in [2.75, 3.05) is 0 Å². The molecule has 0 aliphatic rings. The van der Waals surface area contributed by atoms with Crippen molar-refractivity contribution in [3.63, 3.8) is 0 Å². The van der Waals surface area contributed by atoms with E-state index in [0.717, 1.165) is 10.4 Å². The summed E-state index contributed by atoms with van der Waals surface area (Å²) in [4.78, 5) is 25.2. The van der Waals surface area contributed by atoms with Crippen LogP contribution in [0.2, 0.25) is 5.02 Å². The Hall–Kier alpha value is -2.90. The third-order valence-corrected chi connectivity index (χ3v) is 5.60. The number of hydrogen-bond acceptors (Lipinski definition) is 3. The van der Waals surface area contributed by atoms with Gasteiger partial charge in [0.2, 0.25) is 5.91 Å². The van der Waals surface area contributed by atoms with Crippen molar-refractivity contribution in [3.05, 3.63) is 92.9 Å². The van der Waals surface area contributed by atoms with E-state index >= 15 is 0 Å². The molecule has 0 spiro atoms. The molecule has 1 aromatic heterocycles. The molecule has 3 aromatic rings. The molecular weight excluding hydrogens is 413 g/mol. The van der Waals surface area contributed by atoms with E-state index in [4.69, 9.17) is 17.3 Å². The van der Waals surface area contributed by atoms with E-state index in [-0.39, 0.29) is 18.1 Å². The van der Waals surface area contributed by atoms with Gasteiger partial charge < -0.3 is 16.4 Å². The molecule has 4 N–H and O–H groups in total. The first-order chi connectivity index (χ1) is 13.9. The molecular formula is C21H19ClFN3O2S. The van der Waals surface area contributed by atoms with Gasteiger partial charge in [-0.15, -0.1) is 11.3 Å². The molecule has 1 heterocycles. The predicted molar refractivity (Wildman–Crippen MR) is 112 cm³/mol. The highest BCUT2D eigenvalue weighted by Gasteiger charge is 2.23. The fourth-order valence-electron chi connectivity index (χ4n) is 3.00. The molecule has 2 atom stereocenters. The number of benzene rings is 2. The standard InChI is InChI=1S/C21H19ClFN3O2S/c22-16-5-2-1-4-15(16)17(25-21(24)28)12-19(27)26-20(18-6-3-11-29-18)13-7-9-14(23)10-8-13/h1-11,17,20H,12H2,(H,26,27)(H3,24,25,28)/t17-,20+/m0/s1. The van der Waals surface area contributed by atoms with Crippen LogP contribution >= 0.6 is 22.9 Å². The Bertz CT molecular complexity index is 980. The third kappa shape index (κ3) is 5.56. The highest BCUT2D eigenvalue weighted by atomic mass is 35.5. The number of urea groups is 1. The minimum atomic E-state index is -0.754. The van der Waals surface area contributed by atoms with Crippen LogP contribution in [0.25, 0.3) is 0 Å². The van der Waals surface area contributed by atoms with Gasteiger partial charge in [-0.2, -0.15) is 0 Å². The van der Waals surface area contributed by atoms with Gasteiger partial charge in [0.15, 0.2) is 0 Å². The summed E-state index contributed by atoms with van der Waals surface area (Å²) in [5.74, 6) is -0.666. The molecule has 8 heteroatoms. The number of carbonyl (C=O) groups excluding carboxylic acids is 2. The molecule has 2 aromatic carbocycles. The van der Waals surface area contributed by atoms with Crippen LogP contribution < -0.4 is 16.4 Å². The largest absolute Gasteiger partial charge is 0.352 e. The van der Waals surface area contributed by atoms with Crippen LogP contribution in [0.3, 0.4) is 0 Å². The summed E-state index contributed by atoms with van der Waals surface area (Å²) in [6.07, 6.45) is -0.0598. The molecule has 150 valence electrons. The Labute approximate surface area is 176 Å². The van der Waals surface area contributed by atoms with Gasteiger partial charge in [0, 0.05) is 9.90 Å². The first-order valence-corrected chi connectivity index (χ1v) is 10.1. The third-order valence-electron chi connectivity index (χ3n) is 4.32. The van der Waals surface area contributed by atoms with Gasteiger partial charge in [-0.25, -0.2) is 9.18 Å². The van der Waals surface area contributed by atoms with Crippen molar-refractivity contribution in [2.45, 2.75) is 18.5 Å². The van der Waals surface area contributed by atoms with Crippen LogP contribution in [-0.2, 0) is 4.79 Å². The second-order valence-electron chi connectivity index (χ2n) is 6.35. The van der Waals surface area contributed by atoms with Crippen molar-refractivity contribution in [1.29, 1.82) is 0 Å². The number of rotatable bonds is 7. The van der Waals surface area contributed by atoms with Crippen LogP contribution in [0.15, 0.2) is 66.0 Å². The first-order valence-electron chi connectivity index (χ1n) is 8.82. The fraction of sp³-hybridized carbons (Fsp3) is 0.143. The van der Waals surface area contributed by atoms with Crippen molar-refractivity contribution in [2.24, 2.45) is 5.73 Å². The first kappa shape index (κ1) is 20.8. The molecule has 0 aliphatic carbocycles. The minimum absolute atomic E-state index is 0.0598. The van der Waals surface area contributed by atoms with E-state index in [0.29, 0.717) is 10.6 Å². The normalized spacial score (nSPS) is 12.8. The molecule has 3 rings (SSSR count). The molecule has 5 nitrogen and oxygen atoms in total. The summed E-state index contributed by atoms with van der Waals surface area (Å²) < 4.78 is 13.3. The van der Waals surface area contributed by atoms with Crippen LogP contribution in [0.1, 0.15) is 34.5 Å². The van der Waals surface area contributed by atoms with Crippen LogP contribution in [0, 0.1) is 5.82 Å². The molecule has 0 fully saturated rings. The second-order valence-corrected chi connectivity index (χ2v) is 7.74. The quantitative estimate of drug-likeness (QED) is 0.513. The van der Waals surface area contributed by atoms with Gasteiger partial charge in [0.1, 0.15) is 5.82 Å². The van der Waals surface area contributed by atoms with E-state index in [9.17, 15) is 14.0 Å². The highest BCUT2D eigenvalue weighted by Crippen LogP contribution is 2.28. The number of nitrogens with two attached hydrogens (primary N) is 1. The number of carbonyl (C=O) groups is 2. The van der Waals surface area contributed by atoms with Gasteiger partial charge in [0.25, 0.3) is 0 Å². The van der Waals surface area contributed by atoms with Gasteiger partial charge in [-0.3, -0.25) is 4.79 Å². The van der Waals surface area contributed by atoms with Gasteiger partial charge in [-0.05, 0) is 40.8 Å². The zero-order chi connectivity index (χ0) is 20.8. The fourth-order valence-corrected chi connectivity index (χ4v) is 4.07. The number of halogens is 2. The SMILES string of the molecule is NC(=O)N[C@@H](CC(=O)N[C@H](c1ccc(F)cc1)c1cccs1)c1ccccc1Cl. The number of amides is 3. The molecule has 0 unspecified atom stereocenters. The maximum Gasteiger partial charge on any atom is 0.312 e. The van der Waals surface area contributed by atoms with E-state index in [1.54, 1.807) is 36.4 Å². The minimum Gasteiger partial charge on any atom is -0.352 e. The van der Waals surface area contributed by atoms with Crippen LogP contribution in [0.5, 0.6) is 0 Å². The lowest BCUT2D eigenvalue weighted by Crippen LogP contribution is -2.37. The number of primary amides is 1. The lowest BCUT2D eigenvalue weighted by molar-refractivity contribution is -0.122. The number of thiophene rings is 1. The number of nitrogens with one attached hydrogen (secondary N) is 2. The van der Waals surface area contributed by atoms with Crippen molar-refractivity contribution in [1.82, 2.24) is 10.6 Å². The Morgan fingerprint density at radius 1 is 1.03 bits per heavy atom. The summed E-state index contributed by atoms with van der Waals surface area (Å²) >= 11 is 7.71.